The number of aromatic nitrogens is 1. The van der Waals surface area contributed by atoms with Gasteiger partial charge in [0.25, 0.3) is 0 Å². The number of benzene rings is 2. The van der Waals surface area contributed by atoms with E-state index in [2.05, 4.69) is 34.6 Å². The molecule has 0 aliphatic heterocycles. The summed E-state index contributed by atoms with van der Waals surface area (Å²) in [6.07, 6.45) is 3.90. The molecule has 0 unspecified atom stereocenters. The molecule has 0 saturated carbocycles. The van der Waals surface area contributed by atoms with Crippen molar-refractivity contribution in [3.63, 3.8) is 0 Å². The molecule has 3 aromatic rings. The lowest BCUT2D eigenvalue weighted by molar-refractivity contribution is -0.116. The lowest BCUT2D eigenvalue weighted by Gasteiger charge is -2.13. The van der Waals surface area contributed by atoms with E-state index in [0.29, 0.717) is 17.9 Å². The van der Waals surface area contributed by atoms with Crippen molar-refractivity contribution in [1.82, 2.24) is 10.3 Å². The molecule has 31 heavy (non-hydrogen) atoms. The van der Waals surface area contributed by atoms with Crippen LogP contribution in [0.25, 0.3) is 21.0 Å². The van der Waals surface area contributed by atoms with E-state index < -0.39 is 0 Å². The number of hydrogen-bond acceptors (Lipinski definition) is 6. The van der Waals surface area contributed by atoms with Crippen molar-refractivity contribution in [1.29, 1.82) is 5.26 Å². The summed E-state index contributed by atoms with van der Waals surface area (Å²) in [5.74, 6) is 0.751. The summed E-state index contributed by atoms with van der Waals surface area (Å²) in [6, 6.07) is 14.5. The molecule has 0 fully saturated rings. The van der Waals surface area contributed by atoms with Crippen LogP contribution in [0.4, 0.5) is 0 Å². The smallest absolute Gasteiger partial charge is 0.143 e. The van der Waals surface area contributed by atoms with Crippen molar-refractivity contribution in [3.05, 3.63) is 59.3 Å². The largest absolute Gasteiger partial charge is 0.490 e. The topological polar surface area (TPSA) is 75.0 Å². The summed E-state index contributed by atoms with van der Waals surface area (Å²) < 4.78 is 5.73. The standard InChI is InChI=1S/C25H25N3O2S/c1-15(2)30-23-10-7-17(11-18(23)12-26)25-28-14-24(31-25)21-6-4-5-20-19(21)8-9-22(20)27-13-16(3)29/h4-7,10-11,14-15,22,27H,8-9,13H2,1-3H3/t22-/m0/s1. The molecule has 5 nitrogen and oxygen atoms in total. The average Bonchev–Trinajstić information content (AvgIpc) is 3.39. The fourth-order valence-corrected chi connectivity index (χ4v) is 4.97. The Balaban J connectivity index is 1.62. The van der Waals surface area contributed by atoms with Crippen LogP contribution in [0.3, 0.4) is 0 Å². The Kier molecular flexibility index (Phi) is 6.17. The number of thiazole rings is 1. The molecule has 4 rings (SSSR count). The van der Waals surface area contributed by atoms with E-state index in [9.17, 15) is 10.1 Å². The second kappa shape index (κ2) is 9.01. The molecular weight excluding hydrogens is 406 g/mol. The Morgan fingerprint density at radius 2 is 2.19 bits per heavy atom. The van der Waals surface area contributed by atoms with Gasteiger partial charge in [-0.1, -0.05) is 18.2 Å². The molecule has 158 valence electrons. The normalized spacial score (nSPS) is 15.0. The third kappa shape index (κ3) is 4.53. The van der Waals surface area contributed by atoms with Crippen LogP contribution in [0.2, 0.25) is 0 Å². The number of nitrogens with one attached hydrogen (secondary N) is 1. The summed E-state index contributed by atoms with van der Waals surface area (Å²) in [4.78, 5) is 17.1. The first-order valence-corrected chi connectivity index (χ1v) is 11.3. The van der Waals surface area contributed by atoms with Gasteiger partial charge in [-0.2, -0.15) is 5.26 Å². The van der Waals surface area contributed by atoms with Gasteiger partial charge in [0, 0.05) is 17.8 Å². The maximum absolute atomic E-state index is 11.4. The number of nitrogens with zero attached hydrogens (tertiary/aromatic N) is 2. The van der Waals surface area contributed by atoms with Gasteiger partial charge in [0.2, 0.25) is 0 Å². The van der Waals surface area contributed by atoms with Crippen LogP contribution >= 0.6 is 11.3 Å². The predicted molar refractivity (Wildman–Crippen MR) is 123 cm³/mol. The molecule has 1 N–H and O–H groups in total. The number of ketones is 1. The van der Waals surface area contributed by atoms with Gasteiger partial charge in [0.1, 0.15) is 22.6 Å². The molecule has 1 aliphatic rings. The maximum atomic E-state index is 11.4. The monoisotopic (exact) mass is 431 g/mol. The molecule has 0 saturated heterocycles. The molecule has 0 spiro atoms. The van der Waals surface area contributed by atoms with Crippen LogP contribution in [-0.4, -0.2) is 23.4 Å². The van der Waals surface area contributed by atoms with Gasteiger partial charge < -0.3 is 10.1 Å². The Morgan fingerprint density at radius 3 is 2.94 bits per heavy atom. The van der Waals surface area contributed by atoms with Gasteiger partial charge in [0.05, 0.1) is 23.1 Å². The molecule has 0 radical (unpaired) electrons. The van der Waals surface area contributed by atoms with Gasteiger partial charge in [-0.05, 0) is 68.5 Å². The van der Waals surface area contributed by atoms with Crippen LogP contribution in [0, 0.1) is 11.3 Å². The summed E-state index contributed by atoms with van der Waals surface area (Å²) in [6.45, 7) is 5.90. The zero-order valence-corrected chi connectivity index (χ0v) is 18.8. The zero-order chi connectivity index (χ0) is 22.0. The third-order valence-electron chi connectivity index (χ3n) is 5.35. The molecule has 2 aromatic carbocycles. The number of carbonyl (C=O) groups excluding carboxylic acids is 1. The quantitative estimate of drug-likeness (QED) is 0.549. The van der Waals surface area contributed by atoms with E-state index in [1.807, 2.05) is 38.2 Å². The molecule has 0 amide bonds. The first kappa shape index (κ1) is 21.2. The second-order valence-electron chi connectivity index (χ2n) is 8.07. The summed E-state index contributed by atoms with van der Waals surface area (Å²) in [7, 11) is 0. The Bertz CT molecular complexity index is 1160. The summed E-state index contributed by atoms with van der Waals surface area (Å²) >= 11 is 1.63. The van der Waals surface area contributed by atoms with E-state index in [0.717, 1.165) is 28.3 Å². The minimum atomic E-state index is 0.0124. The summed E-state index contributed by atoms with van der Waals surface area (Å²) in [5, 5.41) is 13.8. The van der Waals surface area contributed by atoms with Gasteiger partial charge in [-0.3, -0.25) is 4.79 Å². The van der Waals surface area contributed by atoms with Crippen molar-refractivity contribution < 1.29 is 9.53 Å². The van der Waals surface area contributed by atoms with E-state index in [1.165, 1.54) is 16.7 Å². The highest BCUT2D eigenvalue weighted by Crippen LogP contribution is 2.41. The molecule has 1 heterocycles. The highest BCUT2D eigenvalue weighted by Gasteiger charge is 2.25. The predicted octanol–water partition coefficient (Wildman–Crippen LogP) is 5.30. The van der Waals surface area contributed by atoms with Gasteiger partial charge >= 0.3 is 0 Å². The van der Waals surface area contributed by atoms with Crippen LogP contribution < -0.4 is 10.1 Å². The Labute approximate surface area is 186 Å². The average molecular weight is 432 g/mol. The molecular formula is C25H25N3O2S. The van der Waals surface area contributed by atoms with Crippen LogP contribution in [-0.2, 0) is 11.2 Å². The highest BCUT2D eigenvalue weighted by atomic mass is 32.1. The molecule has 1 atom stereocenters. The van der Waals surface area contributed by atoms with Crippen LogP contribution in [0.5, 0.6) is 5.75 Å². The molecule has 6 heteroatoms. The number of ether oxygens (including phenoxy) is 1. The SMILES string of the molecule is CC(=O)CN[C@H]1CCc2c(-c3cnc(-c4ccc(OC(C)C)c(C#N)c4)s3)cccc21. The molecule has 1 aliphatic carbocycles. The van der Waals surface area contributed by atoms with E-state index in [-0.39, 0.29) is 17.9 Å². The van der Waals surface area contributed by atoms with Gasteiger partial charge in [0.15, 0.2) is 0 Å². The fraction of sp³-hybridized carbons (Fsp3) is 0.320. The highest BCUT2D eigenvalue weighted by molar-refractivity contribution is 7.18. The van der Waals surface area contributed by atoms with Crippen LogP contribution in [0.15, 0.2) is 42.6 Å². The van der Waals surface area contributed by atoms with Gasteiger partial charge in [-0.15, -0.1) is 11.3 Å². The zero-order valence-electron chi connectivity index (χ0n) is 17.9. The van der Waals surface area contributed by atoms with Crippen molar-refractivity contribution in [2.24, 2.45) is 0 Å². The van der Waals surface area contributed by atoms with Crippen molar-refractivity contribution in [2.45, 2.75) is 45.8 Å². The number of carbonyl (C=O) groups is 1. The Morgan fingerprint density at radius 1 is 1.35 bits per heavy atom. The number of rotatable bonds is 7. The second-order valence-corrected chi connectivity index (χ2v) is 9.10. The minimum Gasteiger partial charge on any atom is -0.490 e. The first-order chi connectivity index (χ1) is 15.0. The number of Topliss-reactive ketones (excluding diaryl/α,β-unsaturated/α-hetero) is 1. The van der Waals surface area contributed by atoms with E-state index in [4.69, 9.17) is 4.74 Å². The van der Waals surface area contributed by atoms with Crippen molar-refractivity contribution >= 4 is 17.1 Å². The third-order valence-corrected chi connectivity index (χ3v) is 6.43. The number of nitriles is 1. The van der Waals surface area contributed by atoms with E-state index >= 15 is 0 Å². The molecule has 0 bridgehead atoms. The summed E-state index contributed by atoms with van der Waals surface area (Å²) in [5.41, 5.74) is 5.24. The number of fused-ring (bicyclic) bond motifs is 1. The maximum Gasteiger partial charge on any atom is 0.143 e. The van der Waals surface area contributed by atoms with Gasteiger partial charge in [-0.25, -0.2) is 4.98 Å². The lowest BCUT2D eigenvalue weighted by Crippen LogP contribution is -2.24. The van der Waals surface area contributed by atoms with Crippen molar-refractivity contribution in [2.75, 3.05) is 6.54 Å². The molecule has 1 aromatic heterocycles. The van der Waals surface area contributed by atoms with Crippen LogP contribution in [0.1, 0.15) is 49.9 Å². The first-order valence-electron chi connectivity index (χ1n) is 10.5. The van der Waals surface area contributed by atoms with E-state index in [1.54, 1.807) is 18.3 Å². The van der Waals surface area contributed by atoms with Crippen molar-refractivity contribution in [3.8, 4) is 32.8 Å². The number of hydrogen-bond donors (Lipinski definition) is 1. The fourth-order valence-electron chi connectivity index (χ4n) is 4.00. The minimum absolute atomic E-state index is 0.0124. The Hall–Kier alpha value is -3.01. The lowest BCUT2D eigenvalue weighted by atomic mass is 10.0.